The summed E-state index contributed by atoms with van der Waals surface area (Å²) in [6, 6.07) is -3.71. The molecule has 0 saturated carbocycles. The Hall–Kier alpha value is -3.22. The average molecular weight is 1880 g/mol. The van der Waals surface area contributed by atoms with Crippen LogP contribution in [0.2, 0.25) is 0 Å². The minimum Gasteiger partial charge on any atom is -0.394 e. The van der Waals surface area contributed by atoms with Crippen LogP contribution in [-0.4, -0.2) is 591 Å². The Balaban J connectivity index is 0.961. The molecule has 0 aromatic carbocycles. The first-order chi connectivity index (χ1) is 60.7. The van der Waals surface area contributed by atoms with Crippen LogP contribution in [0.1, 0.15) is 13.8 Å². The lowest BCUT2D eigenvalue weighted by Crippen LogP contribution is -2.70. The van der Waals surface area contributed by atoms with Gasteiger partial charge >= 0.3 is 0 Å². The van der Waals surface area contributed by atoms with Gasteiger partial charge in [-0.1, -0.05) is 0 Å². The van der Waals surface area contributed by atoms with Crippen molar-refractivity contribution in [1.29, 1.82) is 0 Å². The van der Waals surface area contributed by atoms with Crippen molar-refractivity contribution >= 4 is 11.8 Å². The number of aliphatic hydroxyl groups is 33. The molecule has 0 aromatic rings. The van der Waals surface area contributed by atoms with Crippen LogP contribution < -0.4 is 10.6 Å². The molecule has 11 fully saturated rings. The van der Waals surface area contributed by atoms with Crippen molar-refractivity contribution < 1.29 is 278 Å². The number of hydrogen-bond donors (Lipinski definition) is 35. The predicted octanol–water partition coefficient (Wildman–Crippen LogP) is -24.7. The van der Waals surface area contributed by atoms with Crippen molar-refractivity contribution in [3.8, 4) is 0 Å². The smallest absolute Gasteiger partial charge is 0.217 e. The first kappa shape index (κ1) is 105. The van der Waals surface area contributed by atoms with E-state index in [1.807, 2.05) is 0 Å². The standard InChI is InChI=1S/C70H118N2O56/c1-14(82)71-27-38(93)52(23(10-80)110-60(27)107)121-61-28(72-15(2)83)39(94)53(24(11-81)118-61)122-66-51(106)55(124-69-59(46(101)35(90)21(8-78)116-69)128-70-58(45(100)34(89)22(9-79)117-70)127-65-49(104)42(97)31(86)18(5-75)113-65)37(92)26(120-66)12-108-62-50(105)54(123-68-57(44(99)33(88)20(7-77)115-68)126-64-48(103)41(96)30(85)17(4-74)112-64)36(91)25(119-62)13-109-67-56(43(98)32(87)19(6-76)114-67)125-63-47(102)40(95)29(84)16(3-73)111-63/h16-70,73-81,84-107H,3-13H2,1-2H3,(H,71,82)(H,72,83)/t16-,17-,18-,19-,20-,21-,22-,23-,24-,25-,26-,27-,28-,29-,30-,31-,32-,33-,34-,35-,36-,37-,38-,39-,40+,41+,42+,43+,44+,45+,46+,47+,48+,49+,50+,51+,52-,53-,54+,55+,56+,57+,58+,59+,60-,61+,62+,63-,64-,65-,66-,67+,68-,69-,70-/m1/s1. The zero-order valence-electron chi connectivity index (χ0n) is 67.7. The molecule has 2 amide bonds. The quantitative estimate of drug-likeness (QED) is 0.0290. The van der Waals surface area contributed by atoms with Gasteiger partial charge in [0.25, 0.3) is 0 Å². The minimum absolute atomic E-state index is 0.824. The van der Waals surface area contributed by atoms with Crippen LogP contribution in [0.15, 0.2) is 0 Å². The van der Waals surface area contributed by atoms with Crippen LogP contribution in [0.3, 0.4) is 0 Å². The number of amides is 2. The monoisotopic (exact) mass is 1880 g/mol. The SMILES string of the molecule is CC(=O)N[C@@H]1[C@@H](O)[C@H](O[C@@H]2O[C@H](CO)[C@@H](O[C@H]3O[C@H](CO[C@H]4O[C@H](CO[C@H]5O[C@H](CO)[C@@H](O)[C@H](O)[C@@H]5O[C@H]5O[C@H](CO)[C@@H](O)[C@H](O)[C@@H]5O)[C@@H](O)[C@H](O[C@H]5O[C@H](CO)[C@@H](O)[C@H](O)[C@@H]5O[C@H]5O[C@H](CO)[C@@H](O)[C@H](O)[C@@H]5O)[C@@H]4O)[C@@H](O)[C@H](O[C@H]4O[C@H](CO)[C@@H](O)[C@H](O)[C@@H]4O[C@H]4O[C@H](CO)[C@@H](O)[C@H](O)[C@@H]4O[C@H]4O[C@H](CO)[C@@H](O)[C@H](O)[C@@H]4O)[C@@H]3O)[C@H](O)[C@H]2NC(C)=O)[C@@H](CO)O[C@H]1O. The average Bonchev–Trinajstić information content (AvgIpc) is 0.758. The number of hydrogen-bond acceptors (Lipinski definition) is 56. The van der Waals surface area contributed by atoms with Crippen molar-refractivity contribution in [3.63, 3.8) is 0 Å². The molecule has 0 bridgehead atoms. The van der Waals surface area contributed by atoms with E-state index in [-0.39, 0.29) is 0 Å². The summed E-state index contributed by atoms with van der Waals surface area (Å²) >= 11 is 0. The summed E-state index contributed by atoms with van der Waals surface area (Å²) in [5.74, 6) is -1.82. The number of carbonyl (C=O) groups excluding carboxylic acids is 2. The molecule has 11 aliphatic heterocycles. The molecule has 35 N–H and O–H groups in total. The fourth-order valence-corrected chi connectivity index (χ4v) is 16.5. The van der Waals surface area contributed by atoms with Crippen LogP contribution in [0.4, 0.5) is 0 Å². The van der Waals surface area contributed by atoms with Crippen molar-refractivity contribution in [3.05, 3.63) is 0 Å². The number of carbonyl (C=O) groups is 2. The molecule has 11 rings (SSSR count). The van der Waals surface area contributed by atoms with E-state index < -0.39 is 422 Å². The molecule has 11 aliphatic rings. The maximum absolute atomic E-state index is 13.1. The maximum Gasteiger partial charge on any atom is 0.217 e. The molecule has 0 aliphatic carbocycles. The molecule has 11 heterocycles. The minimum atomic E-state index is -2.69. The second kappa shape index (κ2) is 45.8. The van der Waals surface area contributed by atoms with E-state index in [4.69, 9.17) is 99.5 Å². The van der Waals surface area contributed by atoms with Crippen molar-refractivity contribution in [2.75, 3.05) is 72.7 Å². The lowest BCUT2D eigenvalue weighted by molar-refractivity contribution is -0.408. The molecule has 744 valence electrons. The van der Waals surface area contributed by atoms with Crippen LogP contribution in [-0.2, 0) is 109 Å². The van der Waals surface area contributed by atoms with E-state index in [9.17, 15) is 178 Å². The maximum atomic E-state index is 13.1. The van der Waals surface area contributed by atoms with E-state index in [1.165, 1.54) is 0 Å². The molecule has 11 saturated heterocycles. The third kappa shape index (κ3) is 22.5. The van der Waals surface area contributed by atoms with Gasteiger partial charge in [0.05, 0.1) is 72.7 Å². The fraction of sp³-hybridized carbons (Fsp3) is 0.971. The second-order valence-electron chi connectivity index (χ2n) is 32.3. The number of aliphatic hydroxyl groups excluding tert-OH is 33. The third-order valence-corrected chi connectivity index (χ3v) is 23.8. The first-order valence-corrected chi connectivity index (χ1v) is 40.7. The normalized spacial score (nSPS) is 51.7. The van der Waals surface area contributed by atoms with E-state index in [2.05, 4.69) is 10.6 Å². The lowest BCUT2D eigenvalue weighted by atomic mass is 9.94. The molecule has 55 atom stereocenters. The molecule has 0 spiro atoms. The number of rotatable bonds is 33. The van der Waals surface area contributed by atoms with E-state index in [1.54, 1.807) is 0 Å². The largest absolute Gasteiger partial charge is 0.394 e. The van der Waals surface area contributed by atoms with Gasteiger partial charge in [0.15, 0.2) is 69.2 Å². The highest BCUT2D eigenvalue weighted by molar-refractivity contribution is 5.73. The van der Waals surface area contributed by atoms with Crippen LogP contribution in [0.5, 0.6) is 0 Å². The number of ether oxygens (including phenoxy) is 21. The summed E-state index contributed by atoms with van der Waals surface area (Å²) in [5, 5.41) is 372. The van der Waals surface area contributed by atoms with Gasteiger partial charge in [0.2, 0.25) is 11.8 Å². The van der Waals surface area contributed by atoms with Crippen LogP contribution in [0.25, 0.3) is 0 Å². The highest BCUT2D eigenvalue weighted by Gasteiger charge is 2.62. The topological polar surface area (TPSA) is 920 Å². The Morgan fingerprint density at radius 1 is 0.203 bits per heavy atom. The van der Waals surface area contributed by atoms with Gasteiger partial charge in [-0.3, -0.25) is 9.59 Å². The summed E-state index contributed by atoms with van der Waals surface area (Å²) in [7, 11) is 0. The summed E-state index contributed by atoms with van der Waals surface area (Å²) in [6.07, 6.45) is -117. The highest BCUT2D eigenvalue weighted by Crippen LogP contribution is 2.42. The molecule has 0 unspecified atom stereocenters. The molecule has 58 heteroatoms. The number of nitrogens with one attached hydrogen (secondary N) is 2. The Morgan fingerprint density at radius 2 is 0.430 bits per heavy atom. The van der Waals surface area contributed by atoms with Crippen molar-refractivity contribution in [2.45, 2.75) is 351 Å². The molecule has 0 aromatic heterocycles. The third-order valence-electron chi connectivity index (χ3n) is 23.8. The van der Waals surface area contributed by atoms with Crippen molar-refractivity contribution in [1.82, 2.24) is 10.6 Å². The summed E-state index contributed by atoms with van der Waals surface area (Å²) in [6.45, 7) is -10.9. The molecule has 0 radical (unpaired) electrons. The zero-order chi connectivity index (χ0) is 94.0. The molecular weight excluding hydrogens is 1760 g/mol. The van der Waals surface area contributed by atoms with E-state index in [0.717, 1.165) is 13.8 Å². The van der Waals surface area contributed by atoms with Crippen LogP contribution in [0, 0.1) is 0 Å². The summed E-state index contributed by atoms with van der Waals surface area (Å²) < 4.78 is 124. The predicted molar refractivity (Wildman–Crippen MR) is 386 cm³/mol. The molecule has 58 nitrogen and oxygen atoms in total. The zero-order valence-corrected chi connectivity index (χ0v) is 67.7. The summed E-state index contributed by atoms with van der Waals surface area (Å²) in [4.78, 5) is 25.4. The first-order valence-electron chi connectivity index (χ1n) is 40.7. The van der Waals surface area contributed by atoms with Crippen LogP contribution >= 0.6 is 0 Å². The lowest BCUT2D eigenvalue weighted by Gasteiger charge is -2.51. The van der Waals surface area contributed by atoms with Gasteiger partial charge in [0, 0.05) is 13.8 Å². The fourth-order valence-electron chi connectivity index (χ4n) is 16.5. The van der Waals surface area contributed by atoms with Gasteiger partial charge in [-0.2, -0.15) is 0 Å². The van der Waals surface area contributed by atoms with Gasteiger partial charge in [-0.15, -0.1) is 0 Å². The summed E-state index contributed by atoms with van der Waals surface area (Å²) in [5.41, 5.74) is 0. The van der Waals surface area contributed by atoms with Crippen molar-refractivity contribution in [2.24, 2.45) is 0 Å². The van der Waals surface area contributed by atoms with E-state index in [0.29, 0.717) is 0 Å². The van der Waals surface area contributed by atoms with Gasteiger partial charge in [-0.25, -0.2) is 0 Å². The van der Waals surface area contributed by atoms with E-state index >= 15 is 0 Å². The Labute approximate surface area is 722 Å². The molecular formula is C70H118N2O56. The highest BCUT2D eigenvalue weighted by atomic mass is 16.8. The molecule has 128 heavy (non-hydrogen) atoms. The Morgan fingerprint density at radius 3 is 0.773 bits per heavy atom. The van der Waals surface area contributed by atoms with Gasteiger partial charge in [-0.05, 0) is 0 Å². The second-order valence-corrected chi connectivity index (χ2v) is 32.3. The van der Waals surface area contributed by atoms with Gasteiger partial charge < -0.3 is 279 Å². The Kier molecular flexibility index (Phi) is 37.7. The van der Waals surface area contributed by atoms with Gasteiger partial charge in [0.1, 0.15) is 268 Å². The Bertz CT molecular complexity index is 3380.